The molecule has 1 amide bonds. The van der Waals surface area contributed by atoms with Crippen LogP contribution in [0.15, 0.2) is 42.5 Å². The van der Waals surface area contributed by atoms with Gasteiger partial charge in [0, 0.05) is 24.8 Å². The maximum absolute atomic E-state index is 12.4. The number of nitrogens with zero attached hydrogens (tertiary/aromatic N) is 1. The molecular weight excluding hydrogens is 248 g/mol. The molecular formula is C17H20N2O. The lowest BCUT2D eigenvalue weighted by molar-refractivity contribution is 0.0785. The van der Waals surface area contributed by atoms with Gasteiger partial charge in [-0.05, 0) is 43.2 Å². The van der Waals surface area contributed by atoms with Crippen molar-refractivity contribution in [2.24, 2.45) is 0 Å². The lowest BCUT2D eigenvalue weighted by Crippen LogP contribution is -2.26. The number of hydrogen-bond acceptors (Lipinski definition) is 2. The number of nitrogens with two attached hydrogens (primary N) is 1. The fraction of sp³-hybridized carbons (Fsp3) is 0.235. The maximum Gasteiger partial charge on any atom is 0.253 e. The molecule has 0 aliphatic carbocycles. The van der Waals surface area contributed by atoms with Gasteiger partial charge in [0.2, 0.25) is 0 Å². The Kier molecular flexibility index (Phi) is 4.08. The Balaban J connectivity index is 2.16. The van der Waals surface area contributed by atoms with E-state index in [1.165, 1.54) is 5.56 Å². The second-order valence-corrected chi connectivity index (χ2v) is 5.28. The Morgan fingerprint density at radius 2 is 1.85 bits per heavy atom. The van der Waals surface area contributed by atoms with Crippen molar-refractivity contribution < 1.29 is 4.79 Å². The number of amides is 1. The fourth-order valence-corrected chi connectivity index (χ4v) is 2.31. The van der Waals surface area contributed by atoms with Gasteiger partial charge >= 0.3 is 0 Å². The molecule has 0 heterocycles. The van der Waals surface area contributed by atoms with Crippen LogP contribution in [0.3, 0.4) is 0 Å². The summed E-state index contributed by atoms with van der Waals surface area (Å²) in [6, 6.07) is 13.6. The van der Waals surface area contributed by atoms with E-state index in [0.717, 1.165) is 11.1 Å². The summed E-state index contributed by atoms with van der Waals surface area (Å²) in [5.74, 6) is -0.0121. The van der Waals surface area contributed by atoms with Gasteiger partial charge in [0.25, 0.3) is 5.91 Å². The number of aryl methyl sites for hydroxylation is 2. The van der Waals surface area contributed by atoms with E-state index in [9.17, 15) is 4.79 Å². The van der Waals surface area contributed by atoms with E-state index in [1.807, 2.05) is 51.2 Å². The molecule has 104 valence electrons. The quantitative estimate of drug-likeness (QED) is 0.869. The summed E-state index contributed by atoms with van der Waals surface area (Å²) in [7, 11) is 1.81. The molecule has 0 fully saturated rings. The summed E-state index contributed by atoms with van der Waals surface area (Å²) >= 11 is 0. The van der Waals surface area contributed by atoms with E-state index in [4.69, 9.17) is 5.73 Å². The normalized spacial score (nSPS) is 10.3. The van der Waals surface area contributed by atoms with E-state index in [1.54, 1.807) is 11.0 Å². The first-order chi connectivity index (χ1) is 9.45. The summed E-state index contributed by atoms with van der Waals surface area (Å²) in [5.41, 5.74) is 10.4. The van der Waals surface area contributed by atoms with Crippen molar-refractivity contribution in [2.45, 2.75) is 20.4 Å². The molecule has 20 heavy (non-hydrogen) atoms. The summed E-state index contributed by atoms with van der Waals surface area (Å²) < 4.78 is 0. The Labute approximate surface area is 120 Å². The van der Waals surface area contributed by atoms with E-state index < -0.39 is 0 Å². The average Bonchev–Trinajstić information content (AvgIpc) is 2.36. The van der Waals surface area contributed by atoms with Crippen molar-refractivity contribution in [1.29, 1.82) is 0 Å². The number of benzene rings is 2. The van der Waals surface area contributed by atoms with Gasteiger partial charge in [-0.3, -0.25) is 4.79 Å². The monoisotopic (exact) mass is 268 g/mol. The summed E-state index contributed by atoms with van der Waals surface area (Å²) in [6.07, 6.45) is 0. The van der Waals surface area contributed by atoms with Gasteiger partial charge in [0.1, 0.15) is 0 Å². The van der Waals surface area contributed by atoms with Crippen LogP contribution in [0.4, 0.5) is 5.69 Å². The molecule has 0 aliphatic heterocycles. The van der Waals surface area contributed by atoms with E-state index in [0.29, 0.717) is 17.8 Å². The predicted molar refractivity (Wildman–Crippen MR) is 82.6 cm³/mol. The summed E-state index contributed by atoms with van der Waals surface area (Å²) in [6.45, 7) is 4.58. The highest BCUT2D eigenvalue weighted by atomic mass is 16.2. The van der Waals surface area contributed by atoms with Crippen molar-refractivity contribution in [3.8, 4) is 0 Å². The minimum Gasteiger partial charge on any atom is -0.399 e. The highest BCUT2D eigenvalue weighted by Gasteiger charge is 2.13. The van der Waals surface area contributed by atoms with Crippen molar-refractivity contribution in [1.82, 2.24) is 4.90 Å². The van der Waals surface area contributed by atoms with Crippen molar-refractivity contribution in [3.63, 3.8) is 0 Å². The molecule has 2 aromatic rings. The third-order valence-electron chi connectivity index (χ3n) is 3.20. The molecule has 3 heteroatoms. The van der Waals surface area contributed by atoms with Crippen LogP contribution in [0.5, 0.6) is 0 Å². The second kappa shape index (κ2) is 5.78. The standard InChI is InChI=1S/C17H20N2O/c1-12-5-4-6-14(7-12)11-19(3)17(20)15-8-13(2)9-16(18)10-15/h4-10H,11,18H2,1-3H3. The number of hydrogen-bond donors (Lipinski definition) is 1. The third kappa shape index (κ3) is 3.38. The lowest BCUT2D eigenvalue weighted by atomic mass is 10.1. The van der Waals surface area contributed by atoms with E-state index >= 15 is 0 Å². The lowest BCUT2D eigenvalue weighted by Gasteiger charge is -2.18. The first kappa shape index (κ1) is 14.1. The van der Waals surface area contributed by atoms with Crippen LogP contribution in [0.1, 0.15) is 27.0 Å². The number of anilines is 1. The van der Waals surface area contributed by atoms with Crippen LogP contribution in [-0.4, -0.2) is 17.9 Å². The Hall–Kier alpha value is -2.29. The van der Waals surface area contributed by atoms with Crippen LogP contribution < -0.4 is 5.73 Å². The zero-order valence-corrected chi connectivity index (χ0v) is 12.2. The highest BCUT2D eigenvalue weighted by molar-refractivity contribution is 5.95. The molecule has 0 spiro atoms. The van der Waals surface area contributed by atoms with Crippen molar-refractivity contribution in [3.05, 3.63) is 64.7 Å². The second-order valence-electron chi connectivity index (χ2n) is 5.28. The summed E-state index contributed by atoms with van der Waals surface area (Å²) in [4.78, 5) is 14.1. The van der Waals surface area contributed by atoms with Gasteiger partial charge in [-0.15, -0.1) is 0 Å². The molecule has 0 atom stereocenters. The van der Waals surface area contributed by atoms with Gasteiger partial charge in [0.05, 0.1) is 0 Å². The van der Waals surface area contributed by atoms with Crippen LogP contribution in [0.2, 0.25) is 0 Å². The molecule has 0 aromatic heterocycles. The minimum atomic E-state index is -0.0121. The highest BCUT2D eigenvalue weighted by Crippen LogP contribution is 2.14. The first-order valence-corrected chi connectivity index (χ1v) is 6.64. The summed E-state index contributed by atoms with van der Waals surface area (Å²) in [5, 5.41) is 0. The Morgan fingerprint density at radius 1 is 1.10 bits per heavy atom. The van der Waals surface area contributed by atoms with Crippen LogP contribution in [-0.2, 0) is 6.54 Å². The molecule has 2 N–H and O–H groups in total. The number of nitrogen functional groups attached to an aromatic ring is 1. The van der Waals surface area contributed by atoms with Crippen LogP contribution in [0.25, 0.3) is 0 Å². The molecule has 3 nitrogen and oxygen atoms in total. The Bertz CT molecular complexity index is 614. The molecule has 0 aliphatic rings. The molecule has 2 rings (SSSR count). The van der Waals surface area contributed by atoms with Gasteiger partial charge in [-0.25, -0.2) is 0 Å². The Morgan fingerprint density at radius 3 is 2.50 bits per heavy atom. The molecule has 0 bridgehead atoms. The predicted octanol–water partition coefficient (Wildman–Crippen LogP) is 3.16. The molecule has 0 unspecified atom stereocenters. The van der Waals surface area contributed by atoms with E-state index in [-0.39, 0.29) is 5.91 Å². The zero-order valence-electron chi connectivity index (χ0n) is 12.2. The smallest absolute Gasteiger partial charge is 0.253 e. The third-order valence-corrected chi connectivity index (χ3v) is 3.20. The SMILES string of the molecule is Cc1cccc(CN(C)C(=O)c2cc(C)cc(N)c2)c1. The number of carbonyl (C=O) groups is 1. The van der Waals surface area contributed by atoms with Gasteiger partial charge in [-0.1, -0.05) is 29.8 Å². The molecule has 0 saturated heterocycles. The molecule has 0 saturated carbocycles. The van der Waals surface area contributed by atoms with Crippen molar-refractivity contribution in [2.75, 3.05) is 12.8 Å². The maximum atomic E-state index is 12.4. The van der Waals surface area contributed by atoms with Gasteiger partial charge in [0.15, 0.2) is 0 Å². The van der Waals surface area contributed by atoms with Crippen molar-refractivity contribution >= 4 is 11.6 Å². The number of rotatable bonds is 3. The average molecular weight is 268 g/mol. The fourth-order valence-electron chi connectivity index (χ4n) is 2.31. The minimum absolute atomic E-state index is 0.0121. The van der Waals surface area contributed by atoms with Crippen LogP contribution >= 0.6 is 0 Å². The number of carbonyl (C=O) groups excluding carboxylic acids is 1. The van der Waals surface area contributed by atoms with Gasteiger partial charge in [-0.2, -0.15) is 0 Å². The van der Waals surface area contributed by atoms with E-state index in [2.05, 4.69) is 6.07 Å². The topological polar surface area (TPSA) is 46.3 Å². The largest absolute Gasteiger partial charge is 0.399 e. The first-order valence-electron chi connectivity index (χ1n) is 6.64. The zero-order chi connectivity index (χ0) is 14.7. The molecule has 2 aromatic carbocycles. The van der Waals surface area contributed by atoms with Gasteiger partial charge < -0.3 is 10.6 Å². The molecule has 0 radical (unpaired) electrons. The van der Waals surface area contributed by atoms with Crippen LogP contribution in [0, 0.1) is 13.8 Å².